The van der Waals surface area contributed by atoms with Crippen LogP contribution in [-0.4, -0.2) is 47.7 Å². The molecule has 30 heavy (non-hydrogen) atoms. The van der Waals surface area contributed by atoms with Crippen molar-refractivity contribution in [3.05, 3.63) is 96.1 Å². The summed E-state index contributed by atoms with van der Waals surface area (Å²) in [7, 11) is 2.11. The zero-order valence-corrected chi connectivity index (χ0v) is 17.1. The van der Waals surface area contributed by atoms with Gasteiger partial charge in [-0.05, 0) is 30.3 Å². The Bertz CT molecular complexity index is 1090. The minimum atomic E-state index is -0.189. The van der Waals surface area contributed by atoms with Gasteiger partial charge in [-0.3, -0.25) is 0 Å². The number of hydrogen-bond donors (Lipinski definition) is 0. The van der Waals surface area contributed by atoms with Gasteiger partial charge in [0, 0.05) is 26.2 Å². The summed E-state index contributed by atoms with van der Waals surface area (Å²) in [5.74, 6) is -0.189. The van der Waals surface area contributed by atoms with Gasteiger partial charge < -0.3 is 14.4 Å². The molecule has 0 unspecified atom stereocenters. The molecule has 1 aliphatic heterocycles. The van der Waals surface area contributed by atoms with Crippen LogP contribution in [0, 0.1) is 5.82 Å². The third-order valence-corrected chi connectivity index (χ3v) is 6.01. The van der Waals surface area contributed by atoms with Crippen LogP contribution in [0.4, 0.5) is 10.1 Å². The summed E-state index contributed by atoms with van der Waals surface area (Å²) in [5, 5.41) is 0. The van der Waals surface area contributed by atoms with Crippen LogP contribution >= 0.6 is 0 Å². The minimum Gasteiger partial charge on any atom is -0.367 e. The molecule has 152 valence electrons. The number of halogens is 1. The van der Waals surface area contributed by atoms with Gasteiger partial charge in [0.15, 0.2) is 5.82 Å². The molecule has 0 bridgehead atoms. The van der Waals surface area contributed by atoms with E-state index in [2.05, 4.69) is 46.1 Å². The van der Waals surface area contributed by atoms with Crippen molar-refractivity contribution in [2.45, 2.75) is 6.04 Å². The Morgan fingerprint density at radius 2 is 1.40 bits per heavy atom. The SMILES string of the molecule is CN1CCN(c2ccc3ncn(C(c4ccccc4)c4ccccc4)c3c2F)CC1. The first-order chi connectivity index (χ1) is 14.7. The van der Waals surface area contributed by atoms with E-state index in [1.54, 1.807) is 6.33 Å². The van der Waals surface area contributed by atoms with E-state index in [0.717, 1.165) is 37.3 Å². The fourth-order valence-corrected chi connectivity index (χ4v) is 4.35. The topological polar surface area (TPSA) is 24.3 Å². The van der Waals surface area contributed by atoms with Gasteiger partial charge in [-0.2, -0.15) is 0 Å². The van der Waals surface area contributed by atoms with Crippen molar-refractivity contribution in [1.29, 1.82) is 0 Å². The second-order valence-corrected chi connectivity index (χ2v) is 7.93. The molecule has 0 N–H and O–H groups in total. The van der Waals surface area contributed by atoms with Crippen LogP contribution in [0.1, 0.15) is 17.2 Å². The normalized spacial score (nSPS) is 15.2. The van der Waals surface area contributed by atoms with Crippen LogP contribution in [-0.2, 0) is 0 Å². The lowest BCUT2D eigenvalue weighted by molar-refractivity contribution is 0.312. The van der Waals surface area contributed by atoms with Crippen molar-refractivity contribution >= 4 is 16.7 Å². The van der Waals surface area contributed by atoms with E-state index >= 15 is 4.39 Å². The number of piperazine rings is 1. The zero-order valence-electron chi connectivity index (χ0n) is 17.1. The first-order valence-electron chi connectivity index (χ1n) is 10.4. The number of rotatable bonds is 4. The van der Waals surface area contributed by atoms with E-state index in [4.69, 9.17) is 0 Å². The molecular formula is C25H25FN4. The van der Waals surface area contributed by atoms with Crippen molar-refractivity contribution in [2.24, 2.45) is 0 Å². The molecular weight excluding hydrogens is 375 g/mol. The van der Waals surface area contributed by atoms with Gasteiger partial charge in [0.1, 0.15) is 5.52 Å². The zero-order chi connectivity index (χ0) is 20.5. The van der Waals surface area contributed by atoms with E-state index in [0.29, 0.717) is 16.7 Å². The molecule has 0 aliphatic carbocycles. The van der Waals surface area contributed by atoms with Gasteiger partial charge >= 0.3 is 0 Å². The molecule has 0 saturated carbocycles. The second-order valence-electron chi connectivity index (χ2n) is 7.93. The second kappa shape index (κ2) is 7.92. The number of nitrogens with zero attached hydrogens (tertiary/aromatic N) is 4. The summed E-state index contributed by atoms with van der Waals surface area (Å²) < 4.78 is 17.9. The molecule has 0 radical (unpaired) electrons. The van der Waals surface area contributed by atoms with Crippen LogP contribution in [0.3, 0.4) is 0 Å². The summed E-state index contributed by atoms with van der Waals surface area (Å²) in [5.41, 5.74) is 4.11. The van der Waals surface area contributed by atoms with E-state index in [1.165, 1.54) is 0 Å². The molecule has 1 aliphatic rings. The molecule has 0 amide bonds. The molecule has 1 aromatic heterocycles. The Morgan fingerprint density at radius 1 is 0.800 bits per heavy atom. The number of aromatic nitrogens is 2. The van der Waals surface area contributed by atoms with Gasteiger partial charge in [0.05, 0.1) is 23.6 Å². The van der Waals surface area contributed by atoms with Crippen LogP contribution in [0.15, 0.2) is 79.1 Å². The molecule has 5 heteroatoms. The summed E-state index contributed by atoms with van der Waals surface area (Å²) in [6.07, 6.45) is 1.77. The number of anilines is 1. The molecule has 0 spiro atoms. The molecule has 4 nitrogen and oxygen atoms in total. The Morgan fingerprint density at radius 3 is 2.00 bits per heavy atom. The van der Waals surface area contributed by atoms with Crippen molar-refractivity contribution < 1.29 is 4.39 Å². The molecule has 0 atom stereocenters. The maximum absolute atomic E-state index is 15.9. The van der Waals surface area contributed by atoms with Crippen molar-refractivity contribution in [1.82, 2.24) is 14.5 Å². The van der Waals surface area contributed by atoms with E-state index in [1.807, 2.05) is 53.1 Å². The summed E-state index contributed by atoms with van der Waals surface area (Å²) in [4.78, 5) is 8.97. The van der Waals surface area contributed by atoms with Crippen LogP contribution in [0.2, 0.25) is 0 Å². The third-order valence-electron chi connectivity index (χ3n) is 6.01. The number of benzene rings is 3. The van der Waals surface area contributed by atoms with Crippen molar-refractivity contribution in [3.63, 3.8) is 0 Å². The Hall–Kier alpha value is -3.18. The number of fused-ring (bicyclic) bond motifs is 1. The summed E-state index contributed by atoms with van der Waals surface area (Å²) in [6, 6.07) is 24.1. The summed E-state index contributed by atoms with van der Waals surface area (Å²) >= 11 is 0. The summed E-state index contributed by atoms with van der Waals surface area (Å²) in [6.45, 7) is 3.53. The molecule has 3 aromatic carbocycles. The van der Waals surface area contributed by atoms with Crippen molar-refractivity contribution in [3.8, 4) is 0 Å². The predicted molar refractivity (Wildman–Crippen MR) is 120 cm³/mol. The number of imidazole rings is 1. The fourth-order valence-electron chi connectivity index (χ4n) is 4.35. The van der Waals surface area contributed by atoms with Gasteiger partial charge in [0.25, 0.3) is 0 Å². The van der Waals surface area contributed by atoms with Gasteiger partial charge in [-0.1, -0.05) is 60.7 Å². The highest BCUT2D eigenvalue weighted by Gasteiger charge is 2.24. The fraction of sp³-hybridized carbons (Fsp3) is 0.240. The van der Waals surface area contributed by atoms with Gasteiger partial charge in [-0.25, -0.2) is 9.37 Å². The Labute approximate surface area is 176 Å². The molecule has 2 heterocycles. The van der Waals surface area contributed by atoms with Gasteiger partial charge in [-0.15, -0.1) is 0 Å². The van der Waals surface area contributed by atoms with E-state index in [-0.39, 0.29) is 11.9 Å². The molecule has 4 aromatic rings. The molecule has 1 fully saturated rings. The maximum Gasteiger partial charge on any atom is 0.172 e. The first-order valence-corrected chi connectivity index (χ1v) is 10.4. The standard InChI is InChI=1S/C25H25FN4/c1-28-14-16-29(17-15-28)22-13-12-21-25(23(22)26)30(18-27-21)24(19-8-4-2-5-9-19)20-10-6-3-7-11-20/h2-13,18,24H,14-17H2,1H3. The van der Waals surface area contributed by atoms with E-state index in [9.17, 15) is 0 Å². The largest absolute Gasteiger partial charge is 0.367 e. The Balaban J connectivity index is 1.66. The van der Waals surface area contributed by atoms with E-state index < -0.39 is 0 Å². The van der Waals surface area contributed by atoms with Crippen LogP contribution < -0.4 is 4.90 Å². The average Bonchev–Trinajstić information content (AvgIpc) is 3.21. The van der Waals surface area contributed by atoms with Gasteiger partial charge in [0.2, 0.25) is 0 Å². The quantitative estimate of drug-likeness (QED) is 0.502. The van der Waals surface area contributed by atoms with Crippen LogP contribution in [0.5, 0.6) is 0 Å². The third kappa shape index (κ3) is 3.35. The molecule has 1 saturated heterocycles. The average molecular weight is 401 g/mol. The smallest absolute Gasteiger partial charge is 0.172 e. The lowest BCUT2D eigenvalue weighted by Gasteiger charge is -2.34. The monoisotopic (exact) mass is 400 g/mol. The van der Waals surface area contributed by atoms with Crippen LogP contribution in [0.25, 0.3) is 11.0 Å². The first kappa shape index (κ1) is 18.8. The Kier molecular flexibility index (Phi) is 4.97. The highest BCUT2D eigenvalue weighted by molar-refractivity contribution is 5.81. The van der Waals surface area contributed by atoms with Crippen molar-refractivity contribution in [2.75, 3.05) is 38.1 Å². The highest BCUT2D eigenvalue weighted by atomic mass is 19.1. The lowest BCUT2D eigenvalue weighted by Crippen LogP contribution is -2.44. The minimum absolute atomic E-state index is 0.144. The maximum atomic E-state index is 15.9. The predicted octanol–water partition coefficient (Wildman–Crippen LogP) is 4.56. The molecule has 5 rings (SSSR count). The lowest BCUT2D eigenvalue weighted by atomic mass is 9.98. The highest BCUT2D eigenvalue weighted by Crippen LogP contribution is 2.34. The number of likely N-dealkylation sites (N-methyl/N-ethyl adjacent to an activating group) is 1. The number of hydrogen-bond acceptors (Lipinski definition) is 3.